The van der Waals surface area contributed by atoms with Crippen molar-refractivity contribution in [3.05, 3.63) is 63.7 Å². The zero-order chi connectivity index (χ0) is 13.8. The highest BCUT2D eigenvalue weighted by atomic mass is 16.6. The molecular formula is C14H12N2O3. The number of hydrogen-bond acceptors (Lipinski definition) is 4. The van der Waals surface area contributed by atoms with Crippen LogP contribution in [0.1, 0.15) is 11.1 Å². The van der Waals surface area contributed by atoms with Gasteiger partial charge in [0.1, 0.15) is 5.75 Å². The molecule has 2 aromatic carbocycles. The quantitative estimate of drug-likeness (QED) is 0.519. The Bertz CT molecular complexity index is 634. The molecule has 2 aromatic rings. The zero-order valence-electron chi connectivity index (χ0n) is 10.3. The van der Waals surface area contributed by atoms with Crippen molar-refractivity contribution in [2.75, 3.05) is 0 Å². The number of aromatic hydroxyl groups is 1. The van der Waals surface area contributed by atoms with Gasteiger partial charge in [-0.05, 0) is 48.4 Å². The molecule has 0 aliphatic heterocycles. The predicted molar refractivity (Wildman–Crippen MR) is 73.2 cm³/mol. The van der Waals surface area contributed by atoms with Crippen molar-refractivity contribution >= 4 is 17.6 Å². The first-order valence-corrected chi connectivity index (χ1v) is 5.64. The lowest BCUT2D eigenvalue weighted by Gasteiger charge is -2.00. The summed E-state index contributed by atoms with van der Waals surface area (Å²) in [7, 11) is 0. The summed E-state index contributed by atoms with van der Waals surface area (Å²) in [5.41, 5.74) is 2.32. The van der Waals surface area contributed by atoms with Gasteiger partial charge in [0.2, 0.25) is 0 Å². The van der Waals surface area contributed by atoms with E-state index in [1.54, 1.807) is 43.5 Å². The monoisotopic (exact) mass is 256 g/mol. The summed E-state index contributed by atoms with van der Waals surface area (Å²) < 4.78 is 0. The summed E-state index contributed by atoms with van der Waals surface area (Å²) in [5, 5.41) is 19.8. The Hall–Kier alpha value is -2.69. The molecule has 5 heteroatoms. The Morgan fingerprint density at radius 1 is 1.21 bits per heavy atom. The Morgan fingerprint density at radius 3 is 2.47 bits per heavy atom. The number of benzene rings is 2. The lowest BCUT2D eigenvalue weighted by molar-refractivity contribution is -0.384. The fourth-order valence-corrected chi connectivity index (χ4v) is 1.60. The standard InChI is InChI=1S/C14H12N2O3/c1-10-8-12(16(18)19)4-7-14(10)15-9-11-2-5-13(17)6-3-11/h2-9,17H,1H3. The van der Waals surface area contributed by atoms with Gasteiger partial charge in [-0.3, -0.25) is 15.1 Å². The molecule has 0 fully saturated rings. The third-order valence-corrected chi connectivity index (χ3v) is 2.64. The molecule has 0 radical (unpaired) electrons. The Morgan fingerprint density at radius 2 is 1.89 bits per heavy atom. The van der Waals surface area contributed by atoms with Crippen LogP contribution in [0.3, 0.4) is 0 Å². The van der Waals surface area contributed by atoms with Gasteiger partial charge in [0.15, 0.2) is 0 Å². The van der Waals surface area contributed by atoms with E-state index >= 15 is 0 Å². The third kappa shape index (κ3) is 3.16. The van der Waals surface area contributed by atoms with Crippen LogP contribution in [0.15, 0.2) is 47.5 Å². The van der Waals surface area contributed by atoms with E-state index in [9.17, 15) is 10.1 Å². The maximum Gasteiger partial charge on any atom is 0.269 e. The van der Waals surface area contributed by atoms with E-state index in [1.807, 2.05) is 0 Å². The minimum Gasteiger partial charge on any atom is -0.508 e. The smallest absolute Gasteiger partial charge is 0.269 e. The van der Waals surface area contributed by atoms with Crippen LogP contribution in [-0.2, 0) is 0 Å². The highest BCUT2D eigenvalue weighted by molar-refractivity contribution is 5.82. The fraction of sp³-hybridized carbons (Fsp3) is 0.0714. The first kappa shape index (κ1) is 12.8. The van der Waals surface area contributed by atoms with Crippen LogP contribution in [0.25, 0.3) is 0 Å². The van der Waals surface area contributed by atoms with E-state index in [4.69, 9.17) is 5.11 Å². The highest BCUT2D eigenvalue weighted by Crippen LogP contribution is 2.23. The van der Waals surface area contributed by atoms with E-state index in [-0.39, 0.29) is 11.4 Å². The molecule has 0 atom stereocenters. The summed E-state index contributed by atoms with van der Waals surface area (Å²) in [6.45, 7) is 1.77. The molecule has 0 saturated heterocycles. The van der Waals surface area contributed by atoms with Crippen LogP contribution in [0.4, 0.5) is 11.4 Å². The number of rotatable bonds is 3. The maximum atomic E-state index is 10.6. The molecule has 2 rings (SSSR count). The summed E-state index contributed by atoms with van der Waals surface area (Å²) in [6.07, 6.45) is 1.65. The number of phenolic OH excluding ortho intramolecular Hbond substituents is 1. The molecule has 0 spiro atoms. The predicted octanol–water partition coefficient (Wildman–Crippen LogP) is 3.36. The maximum absolute atomic E-state index is 10.6. The van der Waals surface area contributed by atoms with E-state index < -0.39 is 4.92 Å². The molecular weight excluding hydrogens is 244 g/mol. The number of nitro groups is 1. The number of non-ortho nitro benzene ring substituents is 1. The number of nitrogens with zero attached hydrogens (tertiary/aromatic N) is 2. The van der Waals surface area contributed by atoms with Crippen molar-refractivity contribution in [1.29, 1.82) is 0 Å². The van der Waals surface area contributed by atoms with E-state index in [1.165, 1.54) is 12.1 Å². The molecule has 0 saturated carbocycles. The Labute approximate surface area is 110 Å². The Balaban J connectivity index is 2.23. The second-order valence-corrected chi connectivity index (χ2v) is 4.08. The Kier molecular flexibility index (Phi) is 3.56. The zero-order valence-corrected chi connectivity index (χ0v) is 10.3. The van der Waals surface area contributed by atoms with Gasteiger partial charge in [-0.2, -0.15) is 0 Å². The van der Waals surface area contributed by atoms with Crippen LogP contribution in [0, 0.1) is 17.0 Å². The number of aryl methyl sites for hydroxylation is 1. The van der Waals surface area contributed by atoms with E-state index in [0.29, 0.717) is 5.69 Å². The van der Waals surface area contributed by atoms with Gasteiger partial charge in [-0.15, -0.1) is 0 Å². The molecule has 96 valence electrons. The van der Waals surface area contributed by atoms with Crippen LogP contribution in [0.2, 0.25) is 0 Å². The molecule has 0 aliphatic carbocycles. The van der Waals surface area contributed by atoms with Gasteiger partial charge in [-0.25, -0.2) is 0 Å². The average molecular weight is 256 g/mol. The van der Waals surface area contributed by atoms with Crippen LogP contribution in [0.5, 0.6) is 5.75 Å². The molecule has 0 unspecified atom stereocenters. The summed E-state index contributed by atoms with van der Waals surface area (Å²) >= 11 is 0. The molecule has 5 nitrogen and oxygen atoms in total. The SMILES string of the molecule is Cc1cc([N+](=O)[O-])ccc1N=Cc1ccc(O)cc1. The number of aliphatic imine (C=N–C) groups is 1. The van der Waals surface area contributed by atoms with Gasteiger partial charge in [-0.1, -0.05) is 0 Å². The van der Waals surface area contributed by atoms with Gasteiger partial charge >= 0.3 is 0 Å². The first-order valence-electron chi connectivity index (χ1n) is 5.64. The topological polar surface area (TPSA) is 75.7 Å². The lowest BCUT2D eigenvalue weighted by Crippen LogP contribution is -1.88. The van der Waals surface area contributed by atoms with E-state index in [2.05, 4.69) is 4.99 Å². The van der Waals surface area contributed by atoms with E-state index in [0.717, 1.165) is 11.1 Å². The molecule has 1 N–H and O–H groups in total. The minimum absolute atomic E-state index is 0.0566. The molecule has 0 aliphatic rings. The second-order valence-electron chi connectivity index (χ2n) is 4.08. The largest absolute Gasteiger partial charge is 0.508 e. The molecule has 0 aromatic heterocycles. The van der Waals surface area contributed by atoms with Gasteiger partial charge in [0.05, 0.1) is 10.6 Å². The fourth-order valence-electron chi connectivity index (χ4n) is 1.60. The summed E-state index contributed by atoms with van der Waals surface area (Å²) in [4.78, 5) is 14.5. The highest BCUT2D eigenvalue weighted by Gasteiger charge is 2.06. The number of hydrogen-bond donors (Lipinski definition) is 1. The van der Waals surface area contributed by atoms with Crippen LogP contribution >= 0.6 is 0 Å². The number of nitro benzene ring substituents is 1. The lowest BCUT2D eigenvalue weighted by atomic mass is 10.2. The first-order chi connectivity index (χ1) is 9.06. The third-order valence-electron chi connectivity index (χ3n) is 2.64. The molecule has 0 amide bonds. The van der Waals surface area contributed by atoms with Crippen molar-refractivity contribution < 1.29 is 10.0 Å². The van der Waals surface area contributed by atoms with Gasteiger partial charge < -0.3 is 5.11 Å². The minimum atomic E-state index is -0.430. The molecule has 19 heavy (non-hydrogen) atoms. The summed E-state index contributed by atoms with van der Waals surface area (Å²) in [6, 6.07) is 11.2. The van der Waals surface area contributed by atoms with Crippen LogP contribution < -0.4 is 0 Å². The van der Waals surface area contributed by atoms with Gasteiger partial charge in [0, 0.05) is 18.3 Å². The van der Waals surface area contributed by atoms with Crippen molar-refractivity contribution in [1.82, 2.24) is 0 Å². The average Bonchev–Trinajstić information content (AvgIpc) is 2.39. The van der Waals surface area contributed by atoms with Gasteiger partial charge in [0.25, 0.3) is 5.69 Å². The van der Waals surface area contributed by atoms with Crippen molar-refractivity contribution in [3.63, 3.8) is 0 Å². The molecule has 0 bridgehead atoms. The van der Waals surface area contributed by atoms with Crippen molar-refractivity contribution in [3.8, 4) is 5.75 Å². The normalized spacial score (nSPS) is 10.8. The second kappa shape index (κ2) is 5.30. The number of phenols is 1. The van der Waals surface area contributed by atoms with Crippen molar-refractivity contribution in [2.45, 2.75) is 6.92 Å². The van der Waals surface area contributed by atoms with Crippen LogP contribution in [-0.4, -0.2) is 16.2 Å². The van der Waals surface area contributed by atoms with Crippen molar-refractivity contribution in [2.24, 2.45) is 4.99 Å². The summed E-state index contributed by atoms with van der Waals surface area (Å²) in [5.74, 6) is 0.198. The molecule has 0 heterocycles.